The molecule has 28 heavy (non-hydrogen) atoms. The molecule has 1 atom stereocenters. The van der Waals surface area contributed by atoms with Crippen molar-refractivity contribution in [3.63, 3.8) is 0 Å². The predicted molar refractivity (Wildman–Crippen MR) is 113 cm³/mol. The third-order valence-corrected chi connectivity index (χ3v) is 6.16. The van der Waals surface area contributed by atoms with Crippen molar-refractivity contribution in [2.45, 2.75) is 30.2 Å². The fourth-order valence-electron chi connectivity index (χ4n) is 3.37. The average molecular weight is 414 g/mol. The van der Waals surface area contributed by atoms with Crippen LogP contribution in [0.3, 0.4) is 0 Å². The van der Waals surface area contributed by atoms with Crippen molar-refractivity contribution < 1.29 is 4.79 Å². The first kappa shape index (κ1) is 18.8. The topological polar surface area (TPSA) is 77.0 Å². The highest BCUT2D eigenvalue weighted by atomic mass is 35.5. The summed E-state index contributed by atoms with van der Waals surface area (Å²) in [5.74, 6) is 6.70. The molecule has 0 fully saturated rings. The van der Waals surface area contributed by atoms with Crippen LogP contribution in [0.15, 0.2) is 53.7 Å². The zero-order chi connectivity index (χ0) is 19.7. The summed E-state index contributed by atoms with van der Waals surface area (Å²) >= 11 is 7.54. The summed E-state index contributed by atoms with van der Waals surface area (Å²) in [6.45, 7) is 2.59. The van der Waals surface area contributed by atoms with Crippen molar-refractivity contribution >= 4 is 35.0 Å². The van der Waals surface area contributed by atoms with E-state index in [4.69, 9.17) is 17.4 Å². The van der Waals surface area contributed by atoms with Crippen LogP contribution in [0.1, 0.15) is 18.9 Å². The lowest BCUT2D eigenvalue weighted by atomic mass is 10.0. The molecule has 2 N–H and O–H groups in total. The summed E-state index contributed by atoms with van der Waals surface area (Å²) in [5.41, 5.74) is 2.91. The number of hydrogen-bond donors (Lipinski definition) is 1. The maximum Gasteiger partial charge on any atom is 0.240 e. The molecule has 2 aromatic carbocycles. The zero-order valence-electron chi connectivity index (χ0n) is 15.4. The molecule has 0 bridgehead atoms. The van der Waals surface area contributed by atoms with Crippen LogP contribution in [0.25, 0.3) is 11.4 Å². The number of carbonyl (C=O) groups is 1. The van der Waals surface area contributed by atoms with Crippen molar-refractivity contribution in [2.75, 3.05) is 17.3 Å². The van der Waals surface area contributed by atoms with Crippen molar-refractivity contribution in [1.82, 2.24) is 14.9 Å². The normalized spacial score (nSPS) is 14.6. The molecule has 0 spiro atoms. The van der Waals surface area contributed by atoms with Crippen LogP contribution in [0.4, 0.5) is 5.69 Å². The van der Waals surface area contributed by atoms with E-state index in [0.717, 1.165) is 25.1 Å². The Kier molecular flexibility index (Phi) is 5.28. The van der Waals surface area contributed by atoms with E-state index >= 15 is 0 Å². The number of anilines is 1. The van der Waals surface area contributed by atoms with Gasteiger partial charge in [0, 0.05) is 17.8 Å². The largest absolute Gasteiger partial charge is 0.335 e. The fraction of sp³-hybridized carbons (Fsp3) is 0.250. The van der Waals surface area contributed by atoms with Gasteiger partial charge in [0.1, 0.15) is 0 Å². The van der Waals surface area contributed by atoms with Gasteiger partial charge in [0.05, 0.1) is 10.3 Å². The van der Waals surface area contributed by atoms with E-state index in [9.17, 15) is 4.79 Å². The number of amides is 1. The van der Waals surface area contributed by atoms with Crippen molar-refractivity contribution in [2.24, 2.45) is 0 Å². The summed E-state index contributed by atoms with van der Waals surface area (Å²) < 4.78 is 1.39. The van der Waals surface area contributed by atoms with Crippen LogP contribution >= 0.6 is 23.4 Å². The highest BCUT2D eigenvalue weighted by Gasteiger charge is 2.28. The number of aryl methyl sites for hydroxylation is 1. The molecule has 2 heterocycles. The maximum absolute atomic E-state index is 13.1. The second kappa shape index (κ2) is 7.85. The van der Waals surface area contributed by atoms with Gasteiger partial charge < -0.3 is 10.7 Å². The molecule has 1 aromatic heterocycles. The van der Waals surface area contributed by atoms with Crippen molar-refractivity contribution in [1.29, 1.82) is 0 Å². The Balaban J connectivity index is 1.54. The number of hydrogen-bond acceptors (Lipinski definition) is 5. The Morgan fingerprint density at radius 3 is 2.75 bits per heavy atom. The molecule has 0 unspecified atom stereocenters. The summed E-state index contributed by atoms with van der Waals surface area (Å²) in [6, 6.07) is 15.4. The smallest absolute Gasteiger partial charge is 0.240 e. The lowest BCUT2D eigenvalue weighted by molar-refractivity contribution is -0.117. The molecule has 1 aliphatic heterocycles. The molecule has 3 aromatic rings. The number of rotatable bonds is 4. The Bertz CT molecular complexity index is 1020. The predicted octanol–water partition coefficient (Wildman–Crippen LogP) is 3.77. The van der Waals surface area contributed by atoms with Gasteiger partial charge in [0.15, 0.2) is 5.82 Å². The third kappa shape index (κ3) is 3.47. The third-order valence-electron chi connectivity index (χ3n) is 4.79. The Morgan fingerprint density at radius 2 is 1.93 bits per heavy atom. The lowest BCUT2D eigenvalue weighted by Crippen LogP contribution is -2.40. The quantitative estimate of drug-likeness (QED) is 0.520. The SMILES string of the molecule is C[C@@H](Sc1nnc(-c2ccccc2Cl)n1N)C(=O)N1CCCc2ccccc21. The number of nitrogens with two attached hydrogens (primary N) is 1. The minimum absolute atomic E-state index is 0.0412. The van der Waals surface area contributed by atoms with E-state index < -0.39 is 0 Å². The highest BCUT2D eigenvalue weighted by Crippen LogP contribution is 2.32. The van der Waals surface area contributed by atoms with Crippen molar-refractivity contribution in [3.05, 3.63) is 59.1 Å². The maximum atomic E-state index is 13.1. The first-order valence-electron chi connectivity index (χ1n) is 9.07. The molecule has 8 heteroatoms. The second-order valence-corrected chi connectivity index (χ2v) is 8.35. The van der Waals surface area contributed by atoms with Gasteiger partial charge in [0.25, 0.3) is 0 Å². The Morgan fingerprint density at radius 1 is 1.18 bits per heavy atom. The molecular weight excluding hydrogens is 394 g/mol. The van der Waals surface area contributed by atoms with Crippen LogP contribution in [0.5, 0.6) is 0 Å². The molecule has 1 aliphatic rings. The first-order chi connectivity index (χ1) is 13.6. The Labute approximate surface area is 172 Å². The molecule has 4 rings (SSSR count). The van der Waals surface area contributed by atoms with Gasteiger partial charge in [0.2, 0.25) is 11.1 Å². The molecule has 144 valence electrons. The van der Waals surface area contributed by atoms with Crippen molar-refractivity contribution in [3.8, 4) is 11.4 Å². The first-order valence-corrected chi connectivity index (χ1v) is 10.3. The minimum Gasteiger partial charge on any atom is -0.335 e. The summed E-state index contributed by atoms with van der Waals surface area (Å²) in [4.78, 5) is 15.0. The van der Waals surface area contributed by atoms with Crippen LogP contribution < -0.4 is 10.7 Å². The summed E-state index contributed by atoms with van der Waals surface area (Å²) in [6.07, 6.45) is 1.96. The number of para-hydroxylation sites is 1. The number of halogens is 1. The van der Waals surface area contributed by atoms with Crippen LogP contribution in [-0.4, -0.2) is 32.6 Å². The summed E-state index contributed by atoms with van der Waals surface area (Å²) in [5, 5.41) is 9.00. The Hall–Kier alpha value is -2.51. The van der Waals surface area contributed by atoms with E-state index in [-0.39, 0.29) is 11.2 Å². The molecular formula is C20H20ClN5OS. The number of fused-ring (bicyclic) bond motifs is 1. The fourth-order valence-corrected chi connectivity index (χ4v) is 4.43. The van der Waals surface area contributed by atoms with E-state index in [1.54, 1.807) is 6.07 Å². The average Bonchev–Trinajstić information content (AvgIpc) is 3.07. The van der Waals surface area contributed by atoms with E-state index in [1.807, 2.05) is 48.2 Å². The van der Waals surface area contributed by atoms with E-state index in [1.165, 1.54) is 22.0 Å². The number of nitrogens with zero attached hydrogens (tertiary/aromatic N) is 4. The van der Waals surface area contributed by atoms with Crippen LogP contribution in [-0.2, 0) is 11.2 Å². The van der Waals surface area contributed by atoms with E-state index in [2.05, 4.69) is 16.3 Å². The van der Waals surface area contributed by atoms with Gasteiger partial charge in [-0.3, -0.25) is 4.79 Å². The number of nitrogen functional groups attached to an aromatic ring is 1. The minimum atomic E-state index is -0.350. The van der Waals surface area contributed by atoms with Gasteiger partial charge >= 0.3 is 0 Å². The van der Waals surface area contributed by atoms with E-state index in [0.29, 0.717) is 21.6 Å². The highest BCUT2D eigenvalue weighted by molar-refractivity contribution is 8.00. The zero-order valence-corrected chi connectivity index (χ0v) is 17.0. The number of thioether (sulfide) groups is 1. The number of carbonyl (C=O) groups excluding carboxylic acids is 1. The second-order valence-electron chi connectivity index (χ2n) is 6.64. The van der Waals surface area contributed by atoms with Gasteiger partial charge in [-0.05, 0) is 43.5 Å². The molecule has 0 saturated carbocycles. The monoisotopic (exact) mass is 413 g/mol. The van der Waals surface area contributed by atoms with Crippen LogP contribution in [0, 0.1) is 0 Å². The molecule has 0 saturated heterocycles. The van der Waals surface area contributed by atoms with Gasteiger partial charge in [-0.15, -0.1) is 10.2 Å². The number of benzene rings is 2. The molecule has 0 aliphatic carbocycles. The van der Waals surface area contributed by atoms with Gasteiger partial charge in [-0.2, -0.15) is 0 Å². The standard InChI is InChI=1S/C20H20ClN5OS/c1-13(19(27)25-12-6-8-14-7-2-5-11-17(14)25)28-20-24-23-18(26(20)22)15-9-3-4-10-16(15)21/h2-5,7,9-11,13H,6,8,12,22H2,1H3/t13-/m1/s1. The lowest BCUT2D eigenvalue weighted by Gasteiger charge is -2.31. The number of aromatic nitrogens is 3. The summed E-state index contributed by atoms with van der Waals surface area (Å²) in [7, 11) is 0. The van der Waals surface area contributed by atoms with Crippen LogP contribution in [0.2, 0.25) is 5.02 Å². The van der Waals surface area contributed by atoms with Gasteiger partial charge in [-0.25, -0.2) is 4.68 Å². The van der Waals surface area contributed by atoms with Gasteiger partial charge in [-0.1, -0.05) is 53.7 Å². The molecule has 0 radical (unpaired) electrons. The molecule has 6 nitrogen and oxygen atoms in total. The molecule has 1 amide bonds.